The summed E-state index contributed by atoms with van der Waals surface area (Å²) >= 11 is 8.97. The lowest BCUT2D eigenvalue weighted by atomic mass is 10.4. The highest BCUT2D eigenvalue weighted by atomic mass is 32.9. The molecule has 29 heavy (non-hydrogen) atoms. The molecule has 13 heteroatoms. The highest BCUT2D eigenvalue weighted by Gasteiger charge is 2.24. The molecule has 0 radical (unpaired) electrons. The molecule has 0 saturated heterocycles. The normalized spacial score (nSPS) is 12.2. The Hall–Kier alpha value is 0.430. The number of carbonyl (C=O) groups is 1. The molecule has 0 fully saturated rings. The van der Waals surface area contributed by atoms with E-state index in [1.54, 1.807) is 25.5 Å². The minimum atomic E-state index is -3.56. The van der Waals surface area contributed by atoms with Gasteiger partial charge in [0.05, 0.1) is 13.2 Å². The van der Waals surface area contributed by atoms with Crippen molar-refractivity contribution in [2.24, 2.45) is 0 Å². The number of rotatable bonds is 14. The molecule has 0 spiro atoms. The minimum absolute atomic E-state index is 0.167. The van der Waals surface area contributed by atoms with Crippen LogP contribution in [0.2, 0.25) is 0 Å². The Morgan fingerprint density at radius 2 is 1.59 bits per heavy atom. The largest absolute Gasteiger partial charge is 0.529 e. The van der Waals surface area contributed by atoms with E-state index in [0.717, 1.165) is 17.3 Å². The standard InChI is InChI=1S/C8H16NO5P.C8H19O2PS3/c1-7(6-8(10)9(2)3)14-15(11,12-4)13-5;1-4-9-11(12,10-5-2)14-8-7-13-6-3/h6H,1-5H3;4-8H2,1-3H3/b7-6+;. The zero-order valence-corrected chi connectivity index (χ0v) is 22.8. The van der Waals surface area contributed by atoms with Gasteiger partial charge in [-0.15, -0.1) is 0 Å². The van der Waals surface area contributed by atoms with Crippen molar-refractivity contribution in [1.82, 2.24) is 4.90 Å². The molecule has 0 saturated carbocycles. The topological polar surface area (TPSA) is 83.5 Å². The van der Waals surface area contributed by atoms with Crippen LogP contribution in [0.15, 0.2) is 11.8 Å². The molecular formula is C16H35NO7P2S3. The monoisotopic (exact) mass is 511 g/mol. The number of phosphoric ester groups is 1. The number of phosphoric acid groups is 1. The highest BCUT2D eigenvalue weighted by molar-refractivity contribution is 8.68. The third kappa shape index (κ3) is 16.8. The van der Waals surface area contributed by atoms with Gasteiger partial charge in [0.15, 0.2) is 0 Å². The molecule has 174 valence electrons. The number of hydrogen-bond acceptors (Lipinski definition) is 10. The van der Waals surface area contributed by atoms with Gasteiger partial charge in [-0.05, 0) is 38.3 Å². The van der Waals surface area contributed by atoms with E-state index >= 15 is 0 Å². The van der Waals surface area contributed by atoms with E-state index in [4.69, 9.17) is 25.4 Å². The first-order valence-corrected chi connectivity index (χ1v) is 15.8. The smallest absolute Gasteiger partial charge is 0.409 e. The van der Waals surface area contributed by atoms with Crippen LogP contribution in [0.3, 0.4) is 0 Å². The first-order valence-electron chi connectivity index (χ1n) is 8.95. The summed E-state index contributed by atoms with van der Waals surface area (Å²) in [6, 6.07) is 0. The number of hydrogen-bond donors (Lipinski definition) is 0. The summed E-state index contributed by atoms with van der Waals surface area (Å²) in [6.45, 7) is 8.86. The third-order valence-electron chi connectivity index (χ3n) is 2.73. The number of allylic oxidation sites excluding steroid dienone is 1. The van der Waals surface area contributed by atoms with Crippen molar-refractivity contribution < 1.29 is 32.0 Å². The fraction of sp³-hybridized carbons (Fsp3) is 0.812. The maximum Gasteiger partial charge on any atom is 0.529 e. The molecule has 0 aliphatic carbocycles. The van der Waals surface area contributed by atoms with Crippen LogP contribution in [0.1, 0.15) is 27.7 Å². The predicted octanol–water partition coefficient (Wildman–Crippen LogP) is 5.17. The van der Waals surface area contributed by atoms with Gasteiger partial charge in [-0.1, -0.05) is 18.3 Å². The summed E-state index contributed by atoms with van der Waals surface area (Å²) in [4.78, 5) is 12.6. The van der Waals surface area contributed by atoms with E-state index in [1.165, 1.54) is 32.1 Å². The Morgan fingerprint density at radius 1 is 1.07 bits per heavy atom. The number of thioether (sulfide) groups is 1. The molecule has 0 aromatic heterocycles. The molecule has 0 aliphatic rings. The number of likely N-dealkylation sites (N-methyl/N-ethyl adjacent to an activating group) is 1. The van der Waals surface area contributed by atoms with E-state index < -0.39 is 13.5 Å². The zero-order chi connectivity index (χ0) is 22.9. The molecule has 0 atom stereocenters. The molecule has 0 bridgehead atoms. The Kier molecular flexibility index (Phi) is 19.7. The Labute approximate surface area is 189 Å². The summed E-state index contributed by atoms with van der Waals surface area (Å²) in [5.41, 5.74) is -2.02. The van der Waals surface area contributed by atoms with Crippen LogP contribution in [0, 0.1) is 0 Å². The van der Waals surface area contributed by atoms with Crippen molar-refractivity contribution in [3.8, 4) is 0 Å². The molecule has 0 N–H and O–H groups in total. The lowest BCUT2D eigenvalue weighted by Gasteiger charge is -2.19. The molecule has 0 aromatic carbocycles. The maximum atomic E-state index is 11.5. The Morgan fingerprint density at radius 3 is 1.97 bits per heavy atom. The zero-order valence-electron chi connectivity index (χ0n) is 18.5. The molecule has 0 unspecified atom stereocenters. The van der Waals surface area contributed by atoms with Crippen molar-refractivity contribution >= 4 is 54.4 Å². The van der Waals surface area contributed by atoms with E-state index in [2.05, 4.69) is 16.0 Å². The fourth-order valence-corrected chi connectivity index (χ4v) is 8.00. The maximum absolute atomic E-state index is 11.5. The van der Waals surface area contributed by atoms with Crippen molar-refractivity contribution in [2.75, 3.05) is 58.8 Å². The predicted molar refractivity (Wildman–Crippen MR) is 128 cm³/mol. The van der Waals surface area contributed by atoms with Gasteiger partial charge in [0.2, 0.25) is 11.6 Å². The van der Waals surface area contributed by atoms with Crippen LogP contribution in [-0.4, -0.2) is 69.6 Å². The summed E-state index contributed by atoms with van der Waals surface area (Å²) in [6.07, 6.45) is 1.20. The van der Waals surface area contributed by atoms with Gasteiger partial charge in [-0.2, -0.15) is 11.8 Å². The summed E-state index contributed by atoms with van der Waals surface area (Å²) in [7, 11) is 2.03. The van der Waals surface area contributed by atoms with E-state index in [-0.39, 0.29) is 11.7 Å². The van der Waals surface area contributed by atoms with Crippen LogP contribution in [-0.2, 0) is 43.8 Å². The number of amides is 1. The van der Waals surface area contributed by atoms with Gasteiger partial charge in [0.1, 0.15) is 5.76 Å². The van der Waals surface area contributed by atoms with Crippen LogP contribution in [0.25, 0.3) is 0 Å². The average molecular weight is 512 g/mol. The van der Waals surface area contributed by atoms with Crippen molar-refractivity contribution in [2.45, 2.75) is 27.7 Å². The van der Waals surface area contributed by atoms with Gasteiger partial charge in [-0.3, -0.25) is 13.8 Å². The van der Waals surface area contributed by atoms with Gasteiger partial charge in [0.25, 0.3) is 0 Å². The quantitative estimate of drug-likeness (QED) is 0.135. The van der Waals surface area contributed by atoms with Gasteiger partial charge in [0, 0.05) is 45.9 Å². The molecule has 0 aromatic rings. The highest BCUT2D eigenvalue weighted by Crippen LogP contribution is 2.60. The molecule has 0 rings (SSSR count). The summed E-state index contributed by atoms with van der Waals surface area (Å²) in [5, 5.41) is 0. The second-order valence-corrected chi connectivity index (χ2v) is 14.8. The van der Waals surface area contributed by atoms with Gasteiger partial charge < -0.3 is 18.5 Å². The number of carbonyl (C=O) groups excluding carboxylic acids is 1. The summed E-state index contributed by atoms with van der Waals surface area (Å²) in [5.74, 6) is 3.20. The summed E-state index contributed by atoms with van der Waals surface area (Å²) < 4.78 is 36.5. The minimum Gasteiger partial charge on any atom is -0.409 e. The third-order valence-corrected chi connectivity index (χ3v) is 10.9. The molecule has 1 amide bonds. The Balaban J connectivity index is 0. The first kappa shape index (κ1) is 31.6. The van der Waals surface area contributed by atoms with Crippen molar-refractivity contribution in [3.63, 3.8) is 0 Å². The second-order valence-electron chi connectivity index (χ2n) is 5.20. The van der Waals surface area contributed by atoms with Crippen LogP contribution < -0.4 is 0 Å². The molecular weight excluding hydrogens is 476 g/mol. The van der Waals surface area contributed by atoms with E-state index in [1.807, 2.05) is 25.6 Å². The fourth-order valence-electron chi connectivity index (χ4n) is 1.44. The van der Waals surface area contributed by atoms with E-state index in [9.17, 15) is 9.36 Å². The average Bonchev–Trinajstić information content (AvgIpc) is 2.66. The number of nitrogens with zero attached hydrogens (tertiary/aromatic N) is 1. The first-order chi connectivity index (χ1) is 13.5. The van der Waals surface area contributed by atoms with Gasteiger partial charge in [-0.25, -0.2) is 4.57 Å². The molecule has 8 nitrogen and oxygen atoms in total. The lowest BCUT2D eigenvalue weighted by molar-refractivity contribution is -0.123. The SMILES string of the molecule is CCOP(=S)(OCC)SCCSCC.COP(=O)(OC)O/C(C)=C/C(=O)N(C)C. The second kappa shape index (κ2) is 18.0. The van der Waals surface area contributed by atoms with Crippen LogP contribution in [0.5, 0.6) is 0 Å². The van der Waals surface area contributed by atoms with Crippen LogP contribution in [0.4, 0.5) is 0 Å². The van der Waals surface area contributed by atoms with Gasteiger partial charge >= 0.3 is 7.82 Å². The van der Waals surface area contributed by atoms with Crippen molar-refractivity contribution in [3.05, 3.63) is 11.8 Å². The Bertz CT molecular complexity index is 559. The van der Waals surface area contributed by atoms with Crippen LogP contribution >= 0.6 is 36.7 Å². The lowest BCUT2D eigenvalue weighted by Crippen LogP contribution is -2.19. The molecule has 0 heterocycles. The van der Waals surface area contributed by atoms with Crippen molar-refractivity contribution in [1.29, 1.82) is 0 Å². The molecule has 0 aliphatic heterocycles. The van der Waals surface area contributed by atoms with E-state index in [0.29, 0.717) is 13.2 Å².